The van der Waals surface area contributed by atoms with E-state index in [2.05, 4.69) is 38.2 Å². The molecule has 1 aromatic rings. The summed E-state index contributed by atoms with van der Waals surface area (Å²) in [5.41, 5.74) is 3.48. The third kappa shape index (κ3) is 5.04. The van der Waals surface area contributed by atoms with Gasteiger partial charge in [-0.05, 0) is 0 Å². The third-order valence-electron chi connectivity index (χ3n) is 4.25. The van der Waals surface area contributed by atoms with Crippen LogP contribution in [0.1, 0.15) is 65.0 Å². The molecule has 0 N–H and O–H groups in total. The summed E-state index contributed by atoms with van der Waals surface area (Å²) in [6.07, 6.45) is 8.40. The Balaban J connectivity index is 2.97. The van der Waals surface area contributed by atoms with Gasteiger partial charge in [-0.2, -0.15) is 0 Å². The number of aryl methyl sites for hydroxylation is 1. The van der Waals surface area contributed by atoms with Gasteiger partial charge >= 0.3 is 128 Å². The van der Waals surface area contributed by atoms with Crippen LogP contribution in [-0.4, -0.2) is 23.4 Å². The molecule has 0 bridgehead atoms. The summed E-state index contributed by atoms with van der Waals surface area (Å²) in [6, 6.07) is 0. The SMILES string of the molecule is CCC[CH2][Sn]([CH2]CCC)([CH2]CCC)[c]1scnc1C. The molecule has 1 rings (SSSR count). The van der Waals surface area contributed by atoms with Crippen molar-refractivity contribution in [1.29, 1.82) is 0 Å². The van der Waals surface area contributed by atoms with Gasteiger partial charge in [-0.25, -0.2) is 0 Å². The molecular formula is C16H31NSSn. The van der Waals surface area contributed by atoms with E-state index in [0.717, 1.165) is 0 Å². The summed E-state index contributed by atoms with van der Waals surface area (Å²) in [4.78, 5) is 4.58. The van der Waals surface area contributed by atoms with Crippen molar-refractivity contribution in [1.82, 2.24) is 4.98 Å². The monoisotopic (exact) mass is 389 g/mol. The summed E-state index contributed by atoms with van der Waals surface area (Å²) in [7, 11) is 0. The van der Waals surface area contributed by atoms with Crippen LogP contribution >= 0.6 is 11.3 Å². The third-order valence-corrected chi connectivity index (χ3v) is 23.9. The van der Waals surface area contributed by atoms with Crippen LogP contribution in [-0.2, 0) is 0 Å². The van der Waals surface area contributed by atoms with Crippen LogP contribution < -0.4 is 2.89 Å². The first-order valence-electron chi connectivity index (χ1n) is 8.10. The van der Waals surface area contributed by atoms with Crippen molar-refractivity contribution in [2.45, 2.75) is 79.5 Å². The predicted molar refractivity (Wildman–Crippen MR) is 91.4 cm³/mol. The number of nitrogens with zero attached hydrogens (tertiary/aromatic N) is 1. The van der Waals surface area contributed by atoms with Crippen molar-refractivity contribution in [2.75, 3.05) is 0 Å². The molecular weight excluding hydrogens is 357 g/mol. The number of thiazole rings is 1. The molecule has 1 aromatic heterocycles. The molecule has 0 saturated carbocycles. The van der Waals surface area contributed by atoms with Crippen molar-refractivity contribution in [2.24, 2.45) is 0 Å². The first-order chi connectivity index (χ1) is 9.20. The quantitative estimate of drug-likeness (QED) is 0.482. The van der Waals surface area contributed by atoms with Gasteiger partial charge in [0.15, 0.2) is 0 Å². The molecule has 0 aliphatic heterocycles. The fraction of sp³-hybridized carbons (Fsp3) is 0.812. The van der Waals surface area contributed by atoms with Gasteiger partial charge in [0.1, 0.15) is 0 Å². The molecule has 3 heteroatoms. The summed E-state index contributed by atoms with van der Waals surface area (Å²) < 4.78 is 6.49. The summed E-state index contributed by atoms with van der Waals surface area (Å²) in [6.45, 7) is 9.28. The second-order valence-electron chi connectivity index (χ2n) is 5.86. The Hall–Kier alpha value is 0.429. The minimum atomic E-state index is -2.14. The Morgan fingerprint density at radius 2 is 1.42 bits per heavy atom. The molecule has 1 nitrogen and oxygen atoms in total. The number of unbranched alkanes of at least 4 members (excludes halogenated alkanes) is 3. The van der Waals surface area contributed by atoms with E-state index in [-0.39, 0.29) is 0 Å². The van der Waals surface area contributed by atoms with Crippen molar-refractivity contribution < 1.29 is 0 Å². The first-order valence-corrected chi connectivity index (χ1v) is 16.5. The van der Waals surface area contributed by atoms with Crippen LogP contribution in [0.5, 0.6) is 0 Å². The van der Waals surface area contributed by atoms with Crippen LogP contribution in [0, 0.1) is 6.92 Å². The molecule has 0 unspecified atom stereocenters. The standard InChI is InChI=1S/C4H4NS.3C4H9.Sn/c1-4-2-6-3-5-4;3*1-3-4-2;/h3H,1H3;3*1,3-4H2,2H3;. The number of rotatable bonds is 10. The van der Waals surface area contributed by atoms with Gasteiger partial charge in [0.2, 0.25) is 0 Å². The van der Waals surface area contributed by atoms with Gasteiger partial charge in [0.25, 0.3) is 0 Å². The molecule has 0 aliphatic rings. The van der Waals surface area contributed by atoms with Crippen molar-refractivity contribution in [3.63, 3.8) is 0 Å². The van der Waals surface area contributed by atoms with Crippen molar-refractivity contribution in [3.05, 3.63) is 11.2 Å². The number of aromatic nitrogens is 1. The van der Waals surface area contributed by atoms with Gasteiger partial charge in [-0.15, -0.1) is 0 Å². The van der Waals surface area contributed by atoms with Crippen LogP contribution in [0.4, 0.5) is 0 Å². The number of hydrogen-bond donors (Lipinski definition) is 0. The Labute approximate surface area is 128 Å². The molecule has 0 fully saturated rings. The Kier molecular flexibility index (Phi) is 8.63. The van der Waals surface area contributed by atoms with Crippen LogP contribution in [0.25, 0.3) is 0 Å². The molecule has 0 aromatic carbocycles. The predicted octanol–water partition coefficient (Wildman–Crippen LogP) is 5.51. The maximum absolute atomic E-state index is 4.58. The molecule has 0 amide bonds. The Morgan fingerprint density at radius 3 is 1.74 bits per heavy atom. The second kappa shape index (κ2) is 9.38. The molecule has 0 atom stereocenters. The van der Waals surface area contributed by atoms with Crippen LogP contribution in [0.3, 0.4) is 0 Å². The van der Waals surface area contributed by atoms with E-state index < -0.39 is 18.4 Å². The topological polar surface area (TPSA) is 12.9 Å². The van der Waals surface area contributed by atoms with Gasteiger partial charge in [-0.1, -0.05) is 0 Å². The molecule has 0 saturated heterocycles. The zero-order chi connectivity index (χ0) is 14.1. The van der Waals surface area contributed by atoms with Crippen molar-refractivity contribution >= 4 is 32.6 Å². The molecule has 110 valence electrons. The first kappa shape index (κ1) is 17.5. The summed E-state index contributed by atoms with van der Waals surface area (Å²) >= 11 is -0.149. The summed E-state index contributed by atoms with van der Waals surface area (Å²) in [5.74, 6) is 0. The van der Waals surface area contributed by atoms with E-state index in [1.54, 1.807) is 16.2 Å². The average Bonchev–Trinajstić information content (AvgIpc) is 2.85. The van der Waals surface area contributed by atoms with E-state index in [9.17, 15) is 0 Å². The van der Waals surface area contributed by atoms with E-state index in [1.807, 2.05) is 11.3 Å². The zero-order valence-corrected chi connectivity index (χ0v) is 17.0. The van der Waals surface area contributed by atoms with E-state index in [4.69, 9.17) is 0 Å². The molecule has 0 aliphatic carbocycles. The molecule has 1 heterocycles. The average molecular weight is 388 g/mol. The van der Waals surface area contributed by atoms with Crippen molar-refractivity contribution in [3.8, 4) is 0 Å². The molecule has 19 heavy (non-hydrogen) atoms. The Morgan fingerprint density at radius 1 is 0.947 bits per heavy atom. The van der Waals surface area contributed by atoms with E-state index >= 15 is 0 Å². The Bertz CT molecular complexity index is 326. The van der Waals surface area contributed by atoms with E-state index in [1.165, 1.54) is 44.2 Å². The fourth-order valence-corrected chi connectivity index (χ4v) is 23.8. The fourth-order valence-electron chi connectivity index (χ4n) is 3.07. The minimum absolute atomic E-state index is 1.36. The van der Waals surface area contributed by atoms with Gasteiger partial charge in [0, 0.05) is 0 Å². The van der Waals surface area contributed by atoms with Crippen LogP contribution in [0.15, 0.2) is 5.51 Å². The van der Waals surface area contributed by atoms with E-state index in [0.29, 0.717) is 0 Å². The number of hydrogen-bond acceptors (Lipinski definition) is 2. The second-order valence-corrected chi connectivity index (χ2v) is 20.8. The maximum atomic E-state index is 4.58. The van der Waals surface area contributed by atoms with Gasteiger partial charge in [0.05, 0.1) is 0 Å². The summed E-state index contributed by atoms with van der Waals surface area (Å²) in [5, 5.41) is 0. The molecule has 0 radical (unpaired) electrons. The van der Waals surface area contributed by atoms with Gasteiger partial charge in [-0.3, -0.25) is 0 Å². The zero-order valence-electron chi connectivity index (χ0n) is 13.3. The molecule has 0 spiro atoms. The normalized spacial score (nSPS) is 12.0. The van der Waals surface area contributed by atoms with Gasteiger partial charge < -0.3 is 0 Å². The van der Waals surface area contributed by atoms with Crippen LogP contribution in [0.2, 0.25) is 13.3 Å².